The second-order valence-electron chi connectivity index (χ2n) is 3.89. The molecule has 0 radical (unpaired) electrons. The van der Waals surface area contributed by atoms with Crippen molar-refractivity contribution in [3.05, 3.63) is 28.8 Å². The third-order valence-corrected chi connectivity index (χ3v) is 2.33. The molecule has 1 aromatic carbocycles. The van der Waals surface area contributed by atoms with Gasteiger partial charge in [0.15, 0.2) is 0 Å². The molecule has 0 spiro atoms. The molecule has 7 heteroatoms. The zero-order valence-electron chi connectivity index (χ0n) is 10.4. The maximum atomic E-state index is 12.2. The van der Waals surface area contributed by atoms with Gasteiger partial charge in [0.2, 0.25) is 0 Å². The van der Waals surface area contributed by atoms with Crippen LogP contribution >= 0.6 is 0 Å². The molecule has 0 saturated heterocycles. The minimum atomic E-state index is -2.94. The summed E-state index contributed by atoms with van der Waals surface area (Å²) in [4.78, 5) is 21.9. The number of hydrogen-bond acceptors (Lipinski definition) is 3. The summed E-state index contributed by atoms with van der Waals surface area (Å²) >= 11 is 0. The van der Waals surface area contributed by atoms with Crippen LogP contribution in [-0.2, 0) is 4.79 Å². The Kier molecular flexibility index (Phi) is 4.80. The summed E-state index contributed by atoms with van der Waals surface area (Å²) < 4.78 is 28.7. The van der Waals surface area contributed by atoms with Gasteiger partial charge >= 0.3 is 12.6 Å². The van der Waals surface area contributed by atoms with Crippen LogP contribution in [0.5, 0.6) is 5.75 Å². The number of carboxylic acids is 1. The third kappa shape index (κ3) is 4.20. The van der Waals surface area contributed by atoms with Crippen LogP contribution in [-0.4, -0.2) is 30.1 Å². The van der Waals surface area contributed by atoms with Gasteiger partial charge in [-0.25, -0.2) is 0 Å². The number of ether oxygens (including phenoxy) is 1. The number of carbonyl (C=O) groups excluding carboxylic acids is 1. The fourth-order valence-electron chi connectivity index (χ4n) is 1.61. The molecule has 1 rings (SSSR count). The fraction of sp³-hybridized carbons (Fsp3) is 0.333. The third-order valence-electron chi connectivity index (χ3n) is 2.33. The fourth-order valence-corrected chi connectivity index (χ4v) is 1.61. The predicted molar refractivity (Wildman–Crippen MR) is 62.5 cm³/mol. The molecule has 0 heterocycles. The van der Waals surface area contributed by atoms with Crippen LogP contribution in [0, 0.1) is 13.8 Å². The second-order valence-corrected chi connectivity index (χ2v) is 3.89. The normalized spacial score (nSPS) is 10.4. The van der Waals surface area contributed by atoms with E-state index >= 15 is 0 Å². The Morgan fingerprint density at radius 3 is 2.26 bits per heavy atom. The van der Waals surface area contributed by atoms with Crippen molar-refractivity contribution < 1.29 is 28.2 Å². The molecule has 19 heavy (non-hydrogen) atoms. The quantitative estimate of drug-likeness (QED) is 0.856. The predicted octanol–water partition coefficient (Wildman–Crippen LogP) is 1.72. The molecular weight excluding hydrogens is 260 g/mol. The Balaban J connectivity index is 2.94. The van der Waals surface area contributed by atoms with Gasteiger partial charge in [-0.1, -0.05) is 0 Å². The summed E-state index contributed by atoms with van der Waals surface area (Å²) in [6, 6.07) is 2.73. The van der Waals surface area contributed by atoms with Gasteiger partial charge in [-0.05, 0) is 37.1 Å². The molecule has 2 N–H and O–H groups in total. The molecular formula is C12H13F2NO4. The molecule has 104 valence electrons. The highest BCUT2D eigenvalue weighted by molar-refractivity contribution is 5.96. The molecule has 0 fully saturated rings. The number of rotatable bonds is 5. The summed E-state index contributed by atoms with van der Waals surface area (Å²) in [5.41, 5.74) is 0.944. The molecule has 1 amide bonds. The van der Waals surface area contributed by atoms with Crippen molar-refractivity contribution in [3.63, 3.8) is 0 Å². The number of carbonyl (C=O) groups is 2. The zero-order valence-corrected chi connectivity index (χ0v) is 10.4. The summed E-state index contributed by atoms with van der Waals surface area (Å²) in [6.45, 7) is -0.395. The van der Waals surface area contributed by atoms with Crippen molar-refractivity contribution in [2.75, 3.05) is 6.54 Å². The van der Waals surface area contributed by atoms with Crippen LogP contribution < -0.4 is 10.1 Å². The summed E-state index contributed by atoms with van der Waals surface area (Å²) in [5.74, 6) is -1.73. The molecule has 0 aliphatic carbocycles. The Labute approximate surface area is 108 Å². The number of amides is 1. The lowest BCUT2D eigenvalue weighted by molar-refractivity contribution is -0.135. The van der Waals surface area contributed by atoms with Crippen LogP contribution in [0.4, 0.5) is 8.78 Å². The first-order valence-electron chi connectivity index (χ1n) is 5.37. The van der Waals surface area contributed by atoms with E-state index in [1.54, 1.807) is 0 Å². The van der Waals surface area contributed by atoms with E-state index in [9.17, 15) is 18.4 Å². The minimum Gasteiger partial charge on any atom is -0.480 e. The average Bonchev–Trinajstić information content (AvgIpc) is 2.30. The number of aryl methyl sites for hydroxylation is 2. The summed E-state index contributed by atoms with van der Waals surface area (Å²) in [6.07, 6.45) is 0. The molecule has 5 nitrogen and oxygen atoms in total. The average molecular weight is 273 g/mol. The van der Waals surface area contributed by atoms with E-state index in [0.717, 1.165) is 0 Å². The maximum absolute atomic E-state index is 12.2. The van der Waals surface area contributed by atoms with Gasteiger partial charge in [-0.2, -0.15) is 8.78 Å². The van der Waals surface area contributed by atoms with Crippen LogP contribution in [0.15, 0.2) is 12.1 Å². The van der Waals surface area contributed by atoms with Crippen LogP contribution in [0.2, 0.25) is 0 Å². The van der Waals surface area contributed by atoms with Gasteiger partial charge in [0.05, 0.1) is 0 Å². The molecule has 0 aromatic heterocycles. The van der Waals surface area contributed by atoms with Crippen molar-refractivity contribution in [1.29, 1.82) is 0 Å². The number of halogens is 2. The smallest absolute Gasteiger partial charge is 0.387 e. The van der Waals surface area contributed by atoms with Crippen LogP contribution in [0.25, 0.3) is 0 Å². The summed E-state index contributed by atoms with van der Waals surface area (Å²) in [7, 11) is 0. The van der Waals surface area contributed by atoms with E-state index in [1.807, 2.05) is 0 Å². The van der Waals surface area contributed by atoms with Gasteiger partial charge < -0.3 is 15.2 Å². The lowest BCUT2D eigenvalue weighted by Gasteiger charge is -2.13. The highest BCUT2D eigenvalue weighted by Gasteiger charge is 2.15. The van der Waals surface area contributed by atoms with E-state index < -0.39 is 25.0 Å². The molecule has 0 saturated carbocycles. The standard InChI is InChI=1S/C12H13F2NO4/c1-6-3-8(11(18)15-5-9(16)17)4-7(2)10(6)19-12(13)14/h3-4,12H,5H2,1-2H3,(H,15,18)(H,16,17). The number of carboxylic acid groups (broad SMARTS) is 1. The Morgan fingerprint density at radius 2 is 1.84 bits per heavy atom. The highest BCUT2D eigenvalue weighted by atomic mass is 19.3. The van der Waals surface area contributed by atoms with Crippen LogP contribution in [0.3, 0.4) is 0 Å². The SMILES string of the molecule is Cc1cc(C(=O)NCC(=O)O)cc(C)c1OC(F)F. The molecule has 0 bridgehead atoms. The Hall–Kier alpha value is -2.18. The lowest BCUT2D eigenvalue weighted by atomic mass is 10.1. The topological polar surface area (TPSA) is 75.6 Å². The molecule has 1 aromatic rings. The monoisotopic (exact) mass is 273 g/mol. The van der Waals surface area contributed by atoms with Crippen molar-refractivity contribution in [3.8, 4) is 5.75 Å². The molecule has 0 atom stereocenters. The number of hydrogen-bond donors (Lipinski definition) is 2. The number of benzene rings is 1. The Morgan fingerprint density at radius 1 is 1.32 bits per heavy atom. The van der Waals surface area contributed by atoms with E-state index in [2.05, 4.69) is 10.1 Å². The van der Waals surface area contributed by atoms with Gasteiger partial charge in [0, 0.05) is 5.56 Å². The maximum Gasteiger partial charge on any atom is 0.387 e. The van der Waals surface area contributed by atoms with E-state index in [0.29, 0.717) is 11.1 Å². The summed E-state index contributed by atoms with van der Waals surface area (Å²) in [5, 5.41) is 10.6. The zero-order chi connectivity index (χ0) is 14.6. The first-order valence-corrected chi connectivity index (χ1v) is 5.37. The van der Waals surface area contributed by atoms with Crippen molar-refractivity contribution in [2.24, 2.45) is 0 Å². The number of aliphatic carboxylic acids is 1. The minimum absolute atomic E-state index is 0.0183. The van der Waals surface area contributed by atoms with Crippen molar-refractivity contribution in [2.45, 2.75) is 20.5 Å². The first-order chi connectivity index (χ1) is 8.81. The highest BCUT2D eigenvalue weighted by Crippen LogP contribution is 2.26. The van der Waals surface area contributed by atoms with Gasteiger partial charge in [-0.3, -0.25) is 9.59 Å². The molecule has 0 aliphatic rings. The Bertz CT molecular complexity index is 479. The second kappa shape index (κ2) is 6.12. The molecule has 0 unspecified atom stereocenters. The van der Waals surface area contributed by atoms with Crippen molar-refractivity contribution >= 4 is 11.9 Å². The van der Waals surface area contributed by atoms with Gasteiger partial charge in [0.1, 0.15) is 12.3 Å². The van der Waals surface area contributed by atoms with Crippen molar-refractivity contribution in [1.82, 2.24) is 5.32 Å². The number of alkyl halides is 2. The van der Waals surface area contributed by atoms with E-state index in [-0.39, 0.29) is 11.3 Å². The number of nitrogens with one attached hydrogen (secondary N) is 1. The van der Waals surface area contributed by atoms with Gasteiger partial charge in [-0.15, -0.1) is 0 Å². The van der Waals surface area contributed by atoms with Crippen LogP contribution in [0.1, 0.15) is 21.5 Å². The molecule has 0 aliphatic heterocycles. The van der Waals surface area contributed by atoms with E-state index in [1.165, 1.54) is 26.0 Å². The van der Waals surface area contributed by atoms with E-state index in [4.69, 9.17) is 5.11 Å². The first kappa shape index (κ1) is 14.9. The lowest BCUT2D eigenvalue weighted by Crippen LogP contribution is -2.29. The van der Waals surface area contributed by atoms with Gasteiger partial charge in [0.25, 0.3) is 5.91 Å². The largest absolute Gasteiger partial charge is 0.480 e.